The number of ether oxygens (including phenoxy) is 1. The summed E-state index contributed by atoms with van der Waals surface area (Å²) in [6.07, 6.45) is 8.50. The Balaban J connectivity index is 0.700. The van der Waals surface area contributed by atoms with Crippen LogP contribution in [0, 0.1) is 5.82 Å². The van der Waals surface area contributed by atoms with Crippen molar-refractivity contribution in [3.05, 3.63) is 76.8 Å². The average molecular weight is 929 g/mol. The Hall–Kier alpha value is -5.36. The van der Waals surface area contributed by atoms with E-state index in [-0.39, 0.29) is 35.1 Å². The lowest BCUT2D eigenvalue weighted by Gasteiger charge is -2.42. The van der Waals surface area contributed by atoms with E-state index in [1.54, 1.807) is 42.0 Å². The molecular formula is C47H55ClFN9O6S. The molecule has 8 rings (SSSR count). The number of thioether (sulfide) groups is 1. The van der Waals surface area contributed by atoms with E-state index in [0.29, 0.717) is 71.3 Å². The van der Waals surface area contributed by atoms with Gasteiger partial charge in [-0.15, -0.1) is 11.8 Å². The highest BCUT2D eigenvalue weighted by Gasteiger charge is 2.40. The van der Waals surface area contributed by atoms with Gasteiger partial charge < -0.3 is 30.1 Å². The molecular weight excluding hydrogens is 873 g/mol. The molecule has 5 amide bonds. The molecule has 3 N–H and O–H groups in total. The third-order valence-corrected chi connectivity index (χ3v) is 14.3. The van der Waals surface area contributed by atoms with Crippen molar-refractivity contribution in [2.75, 3.05) is 69.3 Å². The van der Waals surface area contributed by atoms with E-state index in [2.05, 4.69) is 35.7 Å². The van der Waals surface area contributed by atoms with Gasteiger partial charge in [0.2, 0.25) is 23.6 Å². The fourth-order valence-corrected chi connectivity index (χ4v) is 10.5. The standard InChI is InChI=1S/C47H55ClFN9O6S/c1-64-40-27-37-33(45(51-29-50-37)52-30-11-12-36(49)35(48)25-30)26-38(40)53-42(59)9-6-17-55-18-15-31(16-19-55)56-20-22-57(23-21-56)44(61)10-3-2-4-24-65-41-8-5-7-32-34(41)28-58(47(32)63)39-13-14-43(60)54-46(39)62/h5,7-8,11-12,25-27,29,31,39H,2-4,6,9-10,13-24,28H2,1H3,(H,53,59)(H,50,51,52)(H,54,60,62). The van der Waals surface area contributed by atoms with Gasteiger partial charge in [-0.3, -0.25) is 34.2 Å². The Labute approximate surface area is 387 Å². The highest BCUT2D eigenvalue weighted by molar-refractivity contribution is 7.99. The molecule has 1 aromatic heterocycles. The molecule has 3 aromatic carbocycles. The number of benzene rings is 3. The van der Waals surface area contributed by atoms with Gasteiger partial charge in [-0.05, 0) is 106 Å². The minimum atomic E-state index is -0.623. The molecule has 3 saturated heterocycles. The SMILES string of the molecule is COc1cc2ncnc(Nc3ccc(F)c(Cl)c3)c2cc1NC(=O)CCCN1CCC(N2CCN(C(=O)CCCCCSc3cccc4c3CN(C3CCC(=O)NC3=O)C4=O)CC2)CC1. The Morgan fingerprint density at radius 1 is 0.938 bits per heavy atom. The van der Waals surface area contributed by atoms with Crippen molar-refractivity contribution in [1.29, 1.82) is 0 Å². The van der Waals surface area contributed by atoms with Crippen LogP contribution in [0.25, 0.3) is 10.9 Å². The van der Waals surface area contributed by atoms with Gasteiger partial charge in [0, 0.05) is 85.6 Å². The third kappa shape index (κ3) is 11.2. The van der Waals surface area contributed by atoms with E-state index in [1.807, 2.05) is 23.1 Å². The van der Waals surface area contributed by atoms with Gasteiger partial charge in [-0.25, -0.2) is 14.4 Å². The molecule has 0 spiro atoms. The van der Waals surface area contributed by atoms with Gasteiger partial charge in [0.1, 0.15) is 29.8 Å². The molecule has 5 heterocycles. The van der Waals surface area contributed by atoms with Gasteiger partial charge in [0.05, 0.1) is 23.3 Å². The van der Waals surface area contributed by atoms with Gasteiger partial charge >= 0.3 is 0 Å². The topological polar surface area (TPSA) is 169 Å². The number of nitrogens with one attached hydrogen (secondary N) is 3. The molecule has 65 heavy (non-hydrogen) atoms. The summed E-state index contributed by atoms with van der Waals surface area (Å²) in [5, 5.41) is 9.17. The van der Waals surface area contributed by atoms with Gasteiger partial charge in [0.25, 0.3) is 5.91 Å². The molecule has 18 heteroatoms. The van der Waals surface area contributed by atoms with E-state index in [0.717, 1.165) is 101 Å². The van der Waals surface area contributed by atoms with Crippen molar-refractivity contribution in [1.82, 2.24) is 34.9 Å². The quantitative estimate of drug-likeness (QED) is 0.0589. The molecule has 15 nitrogen and oxygen atoms in total. The number of likely N-dealkylation sites (tertiary alicyclic amines) is 1. The number of aromatic nitrogens is 2. The summed E-state index contributed by atoms with van der Waals surface area (Å²) >= 11 is 7.69. The third-order valence-electron chi connectivity index (χ3n) is 12.9. The zero-order valence-corrected chi connectivity index (χ0v) is 38.2. The molecule has 0 radical (unpaired) electrons. The normalized spacial score (nSPS) is 18.5. The number of carbonyl (C=O) groups excluding carboxylic acids is 5. The number of halogens is 2. The monoisotopic (exact) mass is 927 g/mol. The summed E-state index contributed by atoms with van der Waals surface area (Å²) < 4.78 is 19.3. The highest BCUT2D eigenvalue weighted by Crippen LogP contribution is 2.36. The number of nitrogens with zero attached hydrogens (tertiary/aromatic N) is 6. The number of anilines is 3. The van der Waals surface area contributed by atoms with E-state index < -0.39 is 17.8 Å². The molecule has 1 atom stereocenters. The van der Waals surface area contributed by atoms with Crippen molar-refractivity contribution in [3.8, 4) is 5.75 Å². The van der Waals surface area contributed by atoms with Crippen LogP contribution in [0.1, 0.15) is 80.1 Å². The maximum Gasteiger partial charge on any atom is 0.255 e. The Bertz CT molecular complexity index is 2430. The summed E-state index contributed by atoms with van der Waals surface area (Å²) in [5.74, 6) is 0.571. The Morgan fingerprint density at radius 3 is 2.52 bits per heavy atom. The lowest BCUT2D eigenvalue weighted by molar-refractivity contribution is -0.137. The second kappa shape index (κ2) is 21.3. The summed E-state index contributed by atoms with van der Waals surface area (Å²) in [4.78, 5) is 81.9. The van der Waals surface area contributed by atoms with Crippen LogP contribution in [0.15, 0.2) is 59.8 Å². The van der Waals surface area contributed by atoms with Gasteiger partial charge in [0.15, 0.2) is 0 Å². The Kier molecular flexibility index (Phi) is 15.1. The number of hydrogen-bond acceptors (Lipinski definition) is 12. The van der Waals surface area contributed by atoms with Gasteiger partial charge in [-0.2, -0.15) is 0 Å². The fourth-order valence-electron chi connectivity index (χ4n) is 9.27. The molecule has 4 aromatic rings. The molecule has 3 fully saturated rings. The molecule has 1 unspecified atom stereocenters. The van der Waals surface area contributed by atoms with Crippen molar-refractivity contribution in [3.63, 3.8) is 0 Å². The minimum Gasteiger partial charge on any atom is -0.494 e. The van der Waals surface area contributed by atoms with Crippen LogP contribution in [0.3, 0.4) is 0 Å². The summed E-state index contributed by atoms with van der Waals surface area (Å²) in [5.41, 5.74) is 3.25. The number of hydrogen-bond donors (Lipinski definition) is 3. The number of fused-ring (bicyclic) bond motifs is 2. The van der Waals surface area contributed by atoms with Crippen LogP contribution in [0.5, 0.6) is 5.75 Å². The first-order valence-corrected chi connectivity index (χ1v) is 23.9. The maximum absolute atomic E-state index is 13.7. The number of piperazine rings is 1. The minimum absolute atomic E-state index is 0.0112. The molecule has 0 bridgehead atoms. The van der Waals surface area contributed by atoms with Crippen LogP contribution in [0.4, 0.5) is 21.6 Å². The van der Waals surface area contributed by atoms with E-state index in [4.69, 9.17) is 16.3 Å². The van der Waals surface area contributed by atoms with Crippen LogP contribution in [-0.2, 0) is 25.7 Å². The van der Waals surface area contributed by atoms with Crippen LogP contribution < -0.4 is 20.7 Å². The first-order chi connectivity index (χ1) is 31.5. The van der Waals surface area contributed by atoms with Crippen LogP contribution >= 0.6 is 23.4 Å². The lowest BCUT2D eigenvalue weighted by atomic mass is 10.0. The van der Waals surface area contributed by atoms with E-state index in [1.165, 1.54) is 18.5 Å². The second-order valence-corrected chi connectivity index (χ2v) is 18.6. The second-order valence-electron chi connectivity index (χ2n) is 17.0. The van der Waals surface area contributed by atoms with Crippen molar-refractivity contribution in [2.45, 2.75) is 87.7 Å². The number of imide groups is 1. The van der Waals surface area contributed by atoms with E-state index >= 15 is 0 Å². The van der Waals surface area contributed by atoms with Crippen molar-refractivity contribution in [2.24, 2.45) is 0 Å². The summed E-state index contributed by atoms with van der Waals surface area (Å²) in [7, 11) is 1.54. The predicted octanol–water partition coefficient (Wildman–Crippen LogP) is 6.62. The summed E-state index contributed by atoms with van der Waals surface area (Å²) in [6, 6.07) is 13.4. The molecule has 4 aliphatic rings. The zero-order valence-electron chi connectivity index (χ0n) is 36.6. The number of amides is 5. The number of methoxy groups -OCH3 is 1. The molecule has 344 valence electrons. The molecule has 4 aliphatic heterocycles. The number of carbonyl (C=O) groups is 5. The summed E-state index contributed by atoms with van der Waals surface area (Å²) in [6.45, 7) is 6.45. The smallest absolute Gasteiger partial charge is 0.255 e. The van der Waals surface area contributed by atoms with Gasteiger partial charge in [-0.1, -0.05) is 24.1 Å². The predicted molar refractivity (Wildman–Crippen MR) is 248 cm³/mol. The number of piperidine rings is 2. The first-order valence-electron chi connectivity index (χ1n) is 22.5. The van der Waals surface area contributed by atoms with Crippen molar-refractivity contribution >= 4 is 81.0 Å². The first kappa shape index (κ1) is 46.2. The van der Waals surface area contributed by atoms with Crippen LogP contribution in [0.2, 0.25) is 5.02 Å². The highest BCUT2D eigenvalue weighted by atomic mass is 35.5. The average Bonchev–Trinajstić information content (AvgIpc) is 3.64. The van der Waals surface area contributed by atoms with E-state index in [9.17, 15) is 28.4 Å². The zero-order chi connectivity index (χ0) is 45.5. The Morgan fingerprint density at radius 2 is 1.75 bits per heavy atom. The van der Waals surface area contributed by atoms with Crippen LogP contribution in [-0.4, -0.2) is 130 Å². The number of unbranched alkanes of at least 4 members (excludes halogenated alkanes) is 2. The molecule has 0 saturated carbocycles. The largest absolute Gasteiger partial charge is 0.494 e. The molecule has 0 aliphatic carbocycles. The fraction of sp³-hybridized carbons (Fsp3) is 0.468. The number of rotatable bonds is 17. The maximum atomic E-state index is 13.7. The van der Waals surface area contributed by atoms with Crippen molar-refractivity contribution < 1.29 is 33.1 Å². The lowest BCUT2D eigenvalue weighted by Crippen LogP contribution is -2.54.